The van der Waals surface area contributed by atoms with Gasteiger partial charge in [0.05, 0.1) is 0 Å². The molecule has 0 saturated heterocycles. The number of amides is 1. The maximum absolute atomic E-state index is 11.8. The van der Waals surface area contributed by atoms with Crippen LogP contribution in [0.4, 0.5) is 8.78 Å². The Morgan fingerprint density at radius 3 is 2.40 bits per heavy atom. The molecule has 0 aliphatic rings. The summed E-state index contributed by atoms with van der Waals surface area (Å²) in [4.78, 5) is 10.4. The summed E-state index contributed by atoms with van der Waals surface area (Å²) in [7, 11) is 0. The molecule has 15 heavy (non-hydrogen) atoms. The fourth-order valence-electron chi connectivity index (χ4n) is 0.939. The Kier molecular flexibility index (Phi) is 3.79. The van der Waals surface area contributed by atoms with Crippen molar-refractivity contribution in [2.45, 2.75) is 6.61 Å². The monoisotopic (exact) mass is 213 g/mol. The third-order valence-electron chi connectivity index (χ3n) is 1.55. The van der Waals surface area contributed by atoms with Crippen LogP contribution in [0.3, 0.4) is 0 Å². The maximum Gasteiger partial charge on any atom is 0.387 e. The minimum atomic E-state index is -2.84. The molecule has 5 heteroatoms. The summed E-state index contributed by atoms with van der Waals surface area (Å²) in [6.07, 6.45) is 2.66. The highest BCUT2D eigenvalue weighted by atomic mass is 19.3. The van der Waals surface area contributed by atoms with Crippen molar-refractivity contribution in [3.63, 3.8) is 0 Å². The van der Waals surface area contributed by atoms with Crippen LogP contribution in [0.5, 0.6) is 5.75 Å². The first-order valence-electron chi connectivity index (χ1n) is 4.10. The van der Waals surface area contributed by atoms with Gasteiger partial charge >= 0.3 is 6.61 Å². The van der Waals surface area contributed by atoms with E-state index in [4.69, 9.17) is 5.73 Å². The van der Waals surface area contributed by atoms with Gasteiger partial charge in [-0.25, -0.2) is 0 Å². The Labute approximate surface area is 85.1 Å². The van der Waals surface area contributed by atoms with Crippen LogP contribution in [0.2, 0.25) is 0 Å². The van der Waals surface area contributed by atoms with E-state index >= 15 is 0 Å². The van der Waals surface area contributed by atoms with Crippen molar-refractivity contribution >= 4 is 12.0 Å². The fourth-order valence-corrected chi connectivity index (χ4v) is 0.939. The highest BCUT2D eigenvalue weighted by Crippen LogP contribution is 2.15. The SMILES string of the molecule is NC(=O)/C=C/c1ccc(OC(F)F)cc1. The highest BCUT2D eigenvalue weighted by molar-refractivity contribution is 5.90. The van der Waals surface area contributed by atoms with Crippen molar-refractivity contribution in [3.05, 3.63) is 35.9 Å². The fraction of sp³-hybridized carbons (Fsp3) is 0.100. The van der Waals surface area contributed by atoms with Crippen molar-refractivity contribution in [1.29, 1.82) is 0 Å². The average Bonchev–Trinajstić information content (AvgIpc) is 2.16. The van der Waals surface area contributed by atoms with E-state index in [9.17, 15) is 13.6 Å². The van der Waals surface area contributed by atoms with E-state index in [-0.39, 0.29) is 5.75 Å². The average molecular weight is 213 g/mol. The van der Waals surface area contributed by atoms with Crippen molar-refractivity contribution < 1.29 is 18.3 Å². The van der Waals surface area contributed by atoms with Gasteiger partial charge in [0.1, 0.15) is 5.75 Å². The normalized spacial score (nSPS) is 10.9. The first-order chi connectivity index (χ1) is 7.08. The molecule has 80 valence electrons. The second-order valence-corrected chi connectivity index (χ2v) is 2.68. The Morgan fingerprint density at radius 2 is 1.93 bits per heavy atom. The van der Waals surface area contributed by atoms with Crippen LogP contribution in [0.15, 0.2) is 30.3 Å². The summed E-state index contributed by atoms with van der Waals surface area (Å²) in [5, 5.41) is 0. The Morgan fingerprint density at radius 1 is 1.33 bits per heavy atom. The molecule has 0 heterocycles. The number of ether oxygens (including phenoxy) is 1. The molecule has 0 saturated carbocycles. The molecule has 3 nitrogen and oxygen atoms in total. The first-order valence-corrected chi connectivity index (χ1v) is 4.10. The lowest BCUT2D eigenvalue weighted by Crippen LogP contribution is -2.05. The minimum absolute atomic E-state index is 0.0706. The predicted octanol–water partition coefficient (Wildman–Crippen LogP) is 1.79. The molecule has 2 N–H and O–H groups in total. The molecule has 0 aliphatic carbocycles. The molecule has 1 aromatic carbocycles. The number of carbonyl (C=O) groups is 1. The summed E-state index contributed by atoms with van der Waals surface area (Å²) >= 11 is 0. The summed E-state index contributed by atoms with van der Waals surface area (Å²) in [5.74, 6) is -0.496. The Bertz CT molecular complexity index is 360. The molecule has 0 aromatic heterocycles. The van der Waals surface area contributed by atoms with Gasteiger partial charge in [0.2, 0.25) is 5.91 Å². The topological polar surface area (TPSA) is 52.3 Å². The van der Waals surface area contributed by atoms with Crippen molar-refractivity contribution in [1.82, 2.24) is 0 Å². The van der Waals surface area contributed by atoms with E-state index in [1.54, 1.807) is 0 Å². The smallest absolute Gasteiger partial charge is 0.387 e. The van der Waals surface area contributed by atoms with Crippen molar-refractivity contribution in [3.8, 4) is 5.75 Å². The highest BCUT2D eigenvalue weighted by Gasteiger charge is 2.02. The lowest BCUT2D eigenvalue weighted by Gasteiger charge is -2.03. The van der Waals surface area contributed by atoms with Gasteiger partial charge in [-0.05, 0) is 23.8 Å². The molecule has 0 unspecified atom stereocenters. The van der Waals surface area contributed by atoms with Gasteiger partial charge in [-0.3, -0.25) is 4.79 Å². The van der Waals surface area contributed by atoms with E-state index < -0.39 is 12.5 Å². The number of rotatable bonds is 4. The van der Waals surface area contributed by atoms with Gasteiger partial charge < -0.3 is 10.5 Å². The van der Waals surface area contributed by atoms with Gasteiger partial charge in [0.25, 0.3) is 0 Å². The minimum Gasteiger partial charge on any atom is -0.435 e. The third-order valence-corrected chi connectivity index (χ3v) is 1.55. The van der Waals surface area contributed by atoms with Crippen LogP contribution < -0.4 is 10.5 Å². The predicted molar refractivity (Wildman–Crippen MR) is 51.3 cm³/mol. The number of hydrogen-bond donors (Lipinski definition) is 1. The molecule has 1 aromatic rings. The van der Waals surface area contributed by atoms with Gasteiger partial charge in [-0.2, -0.15) is 8.78 Å². The Balaban J connectivity index is 2.68. The van der Waals surface area contributed by atoms with Gasteiger partial charge in [-0.1, -0.05) is 12.1 Å². The van der Waals surface area contributed by atoms with Crippen LogP contribution in [0.25, 0.3) is 6.08 Å². The second kappa shape index (κ2) is 5.09. The lowest BCUT2D eigenvalue weighted by atomic mass is 10.2. The van der Waals surface area contributed by atoms with Gasteiger partial charge in [0, 0.05) is 6.08 Å². The Hall–Kier alpha value is -1.91. The first kappa shape index (κ1) is 11.2. The molecule has 1 amide bonds. The molecule has 0 fully saturated rings. The number of hydrogen-bond acceptors (Lipinski definition) is 2. The standard InChI is InChI=1S/C10H9F2NO2/c11-10(12)15-8-4-1-7(2-5-8)3-6-9(13)14/h1-6,10H,(H2,13,14)/b6-3+. The molecule has 0 spiro atoms. The van der Waals surface area contributed by atoms with E-state index in [1.807, 2.05) is 0 Å². The quantitative estimate of drug-likeness (QED) is 0.775. The van der Waals surface area contributed by atoms with Gasteiger partial charge in [-0.15, -0.1) is 0 Å². The van der Waals surface area contributed by atoms with E-state index in [0.717, 1.165) is 0 Å². The molecule has 0 aliphatic heterocycles. The molecule has 0 bridgehead atoms. The summed E-state index contributed by atoms with van der Waals surface area (Å²) in [6, 6.07) is 5.84. The van der Waals surface area contributed by atoms with E-state index in [1.165, 1.54) is 36.4 Å². The third kappa shape index (κ3) is 4.21. The van der Waals surface area contributed by atoms with Crippen molar-refractivity contribution in [2.24, 2.45) is 5.73 Å². The molecular formula is C10H9F2NO2. The number of primary amides is 1. The zero-order chi connectivity index (χ0) is 11.3. The summed E-state index contributed by atoms with van der Waals surface area (Å²) < 4.78 is 27.7. The molecule has 0 atom stereocenters. The van der Waals surface area contributed by atoms with Crippen LogP contribution in [0.1, 0.15) is 5.56 Å². The van der Waals surface area contributed by atoms with Crippen LogP contribution >= 0.6 is 0 Å². The van der Waals surface area contributed by atoms with Crippen LogP contribution in [0, 0.1) is 0 Å². The molecule has 1 rings (SSSR count). The van der Waals surface area contributed by atoms with Crippen LogP contribution in [-0.2, 0) is 4.79 Å². The summed E-state index contributed by atoms with van der Waals surface area (Å²) in [5.41, 5.74) is 5.56. The lowest BCUT2D eigenvalue weighted by molar-refractivity contribution is -0.113. The summed E-state index contributed by atoms with van der Waals surface area (Å²) in [6.45, 7) is -2.84. The van der Waals surface area contributed by atoms with E-state index in [0.29, 0.717) is 5.56 Å². The number of nitrogens with two attached hydrogens (primary N) is 1. The van der Waals surface area contributed by atoms with Gasteiger partial charge in [0.15, 0.2) is 0 Å². The zero-order valence-corrected chi connectivity index (χ0v) is 7.69. The number of carbonyl (C=O) groups excluding carboxylic acids is 1. The maximum atomic E-state index is 11.8. The molecule has 0 radical (unpaired) electrons. The number of benzene rings is 1. The largest absolute Gasteiger partial charge is 0.435 e. The number of halogens is 2. The number of alkyl halides is 2. The van der Waals surface area contributed by atoms with E-state index in [2.05, 4.69) is 4.74 Å². The second-order valence-electron chi connectivity index (χ2n) is 2.68. The van der Waals surface area contributed by atoms with Crippen molar-refractivity contribution in [2.75, 3.05) is 0 Å². The molecular weight excluding hydrogens is 204 g/mol. The van der Waals surface area contributed by atoms with Crippen LogP contribution in [-0.4, -0.2) is 12.5 Å². The zero-order valence-electron chi connectivity index (χ0n) is 7.69.